The first-order valence-electron chi connectivity index (χ1n) is 8.63. The van der Waals surface area contributed by atoms with Gasteiger partial charge in [0.2, 0.25) is 0 Å². The minimum atomic E-state index is -3.97. The van der Waals surface area contributed by atoms with E-state index in [0.717, 1.165) is 10.0 Å². The molecule has 0 radical (unpaired) electrons. The molecule has 3 aromatic rings. The minimum absolute atomic E-state index is 0.00598. The second-order valence-corrected chi connectivity index (χ2v) is 9.55. The Kier molecular flexibility index (Phi) is 6.10. The third-order valence-corrected chi connectivity index (χ3v) is 7.14. The van der Waals surface area contributed by atoms with E-state index in [2.05, 4.69) is 15.9 Å². The Labute approximate surface area is 172 Å². The van der Waals surface area contributed by atoms with Crippen LogP contribution >= 0.6 is 15.9 Å². The van der Waals surface area contributed by atoms with Crippen LogP contribution in [0.5, 0.6) is 0 Å². The van der Waals surface area contributed by atoms with Crippen molar-refractivity contribution >= 4 is 31.6 Å². The monoisotopic (exact) mass is 460 g/mol. The molecule has 0 heterocycles. The Balaban J connectivity index is 2.05. The van der Waals surface area contributed by atoms with Crippen LogP contribution in [0, 0.1) is 12.7 Å². The Morgan fingerprint density at radius 1 is 0.964 bits per heavy atom. The van der Waals surface area contributed by atoms with Crippen molar-refractivity contribution in [3.63, 3.8) is 0 Å². The van der Waals surface area contributed by atoms with Gasteiger partial charge in [-0.25, -0.2) is 12.8 Å². The maximum atomic E-state index is 14.5. The van der Waals surface area contributed by atoms with Gasteiger partial charge in [0.1, 0.15) is 11.1 Å². The third kappa shape index (κ3) is 4.39. The van der Waals surface area contributed by atoms with Crippen LogP contribution in [0.1, 0.15) is 33.2 Å². The van der Waals surface area contributed by atoms with Crippen LogP contribution in [0.3, 0.4) is 0 Å². The number of benzene rings is 3. The van der Waals surface area contributed by atoms with Gasteiger partial charge in [0.25, 0.3) is 0 Å². The zero-order chi connectivity index (χ0) is 20.3. The van der Waals surface area contributed by atoms with E-state index in [1.807, 2.05) is 6.92 Å². The van der Waals surface area contributed by atoms with Gasteiger partial charge in [-0.3, -0.25) is 4.79 Å². The number of carbonyl (C=O) groups is 1. The van der Waals surface area contributed by atoms with E-state index in [4.69, 9.17) is 0 Å². The number of rotatable bonds is 6. The fraction of sp³-hybridized carbons (Fsp3) is 0.136. The highest BCUT2D eigenvalue weighted by Gasteiger charge is 2.33. The van der Waals surface area contributed by atoms with Gasteiger partial charge in [-0.1, -0.05) is 64.0 Å². The van der Waals surface area contributed by atoms with Crippen LogP contribution in [0.4, 0.5) is 4.39 Å². The number of hydrogen-bond donors (Lipinski definition) is 0. The van der Waals surface area contributed by atoms with Crippen molar-refractivity contribution in [2.45, 2.75) is 23.5 Å². The second-order valence-electron chi connectivity index (χ2n) is 6.50. The van der Waals surface area contributed by atoms with E-state index in [0.29, 0.717) is 5.56 Å². The van der Waals surface area contributed by atoms with Crippen molar-refractivity contribution in [1.82, 2.24) is 0 Å². The molecular formula is C22H18BrFO3S. The van der Waals surface area contributed by atoms with E-state index in [9.17, 15) is 17.6 Å². The highest BCUT2D eigenvalue weighted by Crippen LogP contribution is 2.34. The van der Waals surface area contributed by atoms with Gasteiger partial charge in [-0.05, 0) is 37.3 Å². The summed E-state index contributed by atoms with van der Waals surface area (Å²) in [4.78, 5) is 12.8. The van der Waals surface area contributed by atoms with Crippen LogP contribution in [-0.4, -0.2) is 14.2 Å². The predicted octanol–water partition coefficient (Wildman–Crippen LogP) is 5.68. The zero-order valence-electron chi connectivity index (χ0n) is 15.1. The molecule has 0 aliphatic rings. The molecule has 3 rings (SSSR count). The molecule has 3 nitrogen and oxygen atoms in total. The molecule has 0 aromatic heterocycles. The quantitative estimate of drug-likeness (QED) is 0.444. The smallest absolute Gasteiger partial charge is 0.185 e. The molecule has 6 heteroatoms. The maximum absolute atomic E-state index is 14.5. The molecule has 0 spiro atoms. The average molecular weight is 461 g/mol. The fourth-order valence-electron chi connectivity index (χ4n) is 2.94. The lowest BCUT2D eigenvalue weighted by Gasteiger charge is -2.19. The molecule has 28 heavy (non-hydrogen) atoms. The molecule has 0 saturated heterocycles. The molecule has 0 unspecified atom stereocenters. The normalized spacial score (nSPS) is 12.5. The molecule has 3 aromatic carbocycles. The first-order chi connectivity index (χ1) is 13.3. The second kappa shape index (κ2) is 8.37. The Bertz CT molecular complexity index is 1090. The number of ketones is 1. The number of hydrogen-bond acceptors (Lipinski definition) is 3. The maximum Gasteiger partial charge on any atom is 0.185 e. The Morgan fingerprint density at radius 3 is 2.18 bits per heavy atom. The van der Waals surface area contributed by atoms with Crippen molar-refractivity contribution in [3.05, 3.63) is 99.8 Å². The molecule has 0 fully saturated rings. The van der Waals surface area contributed by atoms with E-state index in [-0.39, 0.29) is 22.7 Å². The number of carbonyl (C=O) groups excluding carboxylic acids is 1. The molecule has 144 valence electrons. The largest absolute Gasteiger partial charge is 0.294 e. The molecule has 0 aliphatic heterocycles. The van der Waals surface area contributed by atoms with Crippen LogP contribution in [0.2, 0.25) is 0 Å². The van der Waals surface area contributed by atoms with Crippen LogP contribution in [-0.2, 0) is 9.84 Å². The lowest BCUT2D eigenvalue weighted by molar-refractivity contribution is 0.0980. The van der Waals surface area contributed by atoms with Gasteiger partial charge in [-0.15, -0.1) is 0 Å². The van der Waals surface area contributed by atoms with Gasteiger partial charge in [0.15, 0.2) is 15.6 Å². The summed E-state index contributed by atoms with van der Waals surface area (Å²) in [5.41, 5.74) is 1.28. The summed E-state index contributed by atoms with van der Waals surface area (Å²) in [5.74, 6) is -1.01. The predicted molar refractivity (Wildman–Crippen MR) is 111 cm³/mol. The Morgan fingerprint density at radius 2 is 1.57 bits per heavy atom. The van der Waals surface area contributed by atoms with Crippen molar-refractivity contribution in [3.8, 4) is 0 Å². The SMILES string of the molecule is Cc1ccc(S(=O)(=O)[C@H](CC(=O)c2ccc(Br)cc2)c2ccccc2F)cc1. The number of halogens is 2. The number of aryl methyl sites for hydroxylation is 1. The fourth-order valence-corrected chi connectivity index (χ4v) is 4.94. The van der Waals surface area contributed by atoms with E-state index < -0.39 is 20.9 Å². The van der Waals surface area contributed by atoms with E-state index in [1.54, 1.807) is 42.5 Å². The summed E-state index contributed by atoms with van der Waals surface area (Å²) < 4.78 is 41.9. The summed E-state index contributed by atoms with van der Waals surface area (Å²) in [6, 6.07) is 18.7. The number of sulfone groups is 1. The Hall–Kier alpha value is -2.31. The van der Waals surface area contributed by atoms with Crippen LogP contribution in [0.25, 0.3) is 0 Å². The number of Topliss-reactive ketones (excluding diaryl/α,β-unsaturated/α-hetero) is 1. The molecule has 0 N–H and O–H groups in total. The van der Waals surface area contributed by atoms with Gasteiger partial charge in [0.05, 0.1) is 4.90 Å². The van der Waals surface area contributed by atoms with E-state index >= 15 is 0 Å². The lowest BCUT2D eigenvalue weighted by Crippen LogP contribution is -2.19. The standard InChI is InChI=1S/C22H18BrFO3S/c1-15-6-12-18(13-7-15)28(26,27)22(19-4-2-3-5-20(19)24)14-21(25)16-8-10-17(23)11-9-16/h2-13,22H,14H2,1H3/t22-/m1/s1. The average Bonchev–Trinajstić information content (AvgIpc) is 2.67. The van der Waals surface area contributed by atoms with Gasteiger partial charge in [0, 0.05) is 22.0 Å². The highest BCUT2D eigenvalue weighted by atomic mass is 79.9. The summed E-state index contributed by atoms with van der Waals surface area (Å²) in [5, 5.41) is -1.31. The lowest BCUT2D eigenvalue weighted by atomic mass is 10.0. The first-order valence-corrected chi connectivity index (χ1v) is 11.0. The van der Waals surface area contributed by atoms with E-state index in [1.165, 1.54) is 30.3 Å². The van der Waals surface area contributed by atoms with Crippen molar-refractivity contribution in [1.29, 1.82) is 0 Å². The molecule has 0 saturated carbocycles. The van der Waals surface area contributed by atoms with Gasteiger partial charge < -0.3 is 0 Å². The zero-order valence-corrected chi connectivity index (χ0v) is 17.5. The summed E-state index contributed by atoms with van der Waals surface area (Å²) in [7, 11) is -3.97. The van der Waals surface area contributed by atoms with Gasteiger partial charge >= 0.3 is 0 Å². The topological polar surface area (TPSA) is 51.2 Å². The summed E-state index contributed by atoms with van der Waals surface area (Å²) >= 11 is 3.30. The molecule has 0 amide bonds. The molecular weight excluding hydrogens is 443 g/mol. The van der Waals surface area contributed by atoms with Crippen LogP contribution in [0.15, 0.2) is 82.2 Å². The van der Waals surface area contributed by atoms with Crippen LogP contribution < -0.4 is 0 Å². The molecule has 0 aliphatic carbocycles. The first kappa shape index (κ1) is 20.4. The van der Waals surface area contributed by atoms with Crippen molar-refractivity contribution < 1.29 is 17.6 Å². The summed E-state index contributed by atoms with van der Waals surface area (Å²) in [6.07, 6.45) is -0.348. The highest BCUT2D eigenvalue weighted by molar-refractivity contribution is 9.10. The molecule has 0 bridgehead atoms. The van der Waals surface area contributed by atoms with Gasteiger partial charge in [-0.2, -0.15) is 0 Å². The summed E-state index contributed by atoms with van der Waals surface area (Å²) in [6.45, 7) is 1.85. The molecule has 1 atom stereocenters. The van der Waals surface area contributed by atoms with Crippen molar-refractivity contribution in [2.75, 3.05) is 0 Å². The third-order valence-electron chi connectivity index (χ3n) is 4.51. The van der Waals surface area contributed by atoms with Crippen molar-refractivity contribution in [2.24, 2.45) is 0 Å². The minimum Gasteiger partial charge on any atom is -0.294 e.